The third kappa shape index (κ3) is 5.99. The van der Waals surface area contributed by atoms with E-state index in [1.54, 1.807) is 47.8 Å². The molecule has 0 saturated carbocycles. The molecule has 35 heavy (non-hydrogen) atoms. The van der Waals surface area contributed by atoms with Crippen LogP contribution in [0.4, 0.5) is 0 Å². The lowest BCUT2D eigenvalue weighted by molar-refractivity contribution is 0.0954. The monoisotopic (exact) mass is 570 g/mol. The number of carbonyl (C=O) groups is 1. The number of aromatic nitrogens is 3. The number of imidazole rings is 1. The van der Waals surface area contributed by atoms with Crippen LogP contribution >= 0.6 is 38.6 Å². The maximum absolute atomic E-state index is 12.6. The van der Waals surface area contributed by atoms with Gasteiger partial charge in [0.25, 0.3) is 5.91 Å². The summed E-state index contributed by atoms with van der Waals surface area (Å²) in [7, 11) is 0.417. The Morgan fingerprint density at radius 3 is 2.69 bits per heavy atom. The summed E-state index contributed by atoms with van der Waals surface area (Å²) in [6.45, 7) is 4.16. The summed E-state index contributed by atoms with van der Waals surface area (Å²) in [4.78, 5) is 23.1. The largest absolute Gasteiger partial charge is 0.488 e. The summed E-state index contributed by atoms with van der Waals surface area (Å²) in [5, 5.41) is 24.6. The Labute approximate surface area is 220 Å². The maximum Gasteiger partial charge on any atom is 0.488 e. The SMILES string of the molecule is Cc1csc(/C(=C\c2ccc(Br)s2)c2ncc(CCNC(=O)c3ccc(B(O)O)c(C)c3)n2C)n1. The van der Waals surface area contributed by atoms with Crippen molar-refractivity contribution < 1.29 is 14.8 Å². The Kier molecular flexibility index (Phi) is 8.03. The van der Waals surface area contributed by atoms with Crippen LogP contribution in [-0.2, 0) is 13.5 Å². The van der Waals surface area contributed by atoms with E-state index in [-0.39, 0.29) is 5.91 Å². The van der Waals surface area contributed by atoms with Crippen molar-refractivity contribution in [2.45, 2.75) is 20.3 Å². The van der Waals surface area contributed by atoms with Crippen LogP contribution in [0.3, 0.4) is 0 Å². The molecule has 4 rings (SSSR count). The molecule has 1 aromatic carbocycles. The Balaban J connectivity index is 1.49. The molecular formula is C24H24BBrN4O3S2. The van der Waals surface area contributed by atoms with Crippen molar-refractivity contribution in [3.05, 3.63) is 83.9 Å². The minimum absolute atomic E-state index is 0.211. The number of carbonyl (C=O) groups excluding carboxylic acids is 1. The van der Waals surface area contributed by atoms with E-state index < -0.39 is 7.12 Å². The summed E-state index contributed by atoms with van der Waals surface area (Å²) >= 11 is 6.77. The third-order valence-electron chi connectivity index (χ3n) is 5.53. The van der Waals surface area contributed by atoms with Gasteiger partial charge in [-0.15, -0.1) is 22.7 Å². The molecule has 0 atom stereocenters. The van der Waals surface area contributed by atoms with Crippen LogP contribution in [0.25, 0.3) is 11.6 Å². The molecule has 3 heterocycles. The number of nitrogens with one attached hydrogen (secondary N) is 1. The molecule has 0 bridgehead atoms. The van der Waals surface area contributed by atoms with E-state index >= 15 is 0 Å². The van der Waals surface area contributed by atoms with Crippen LogP contribution < -0.4 is 10.8 Å². The van der Waals surface area contributed by atoms with Gasteiger partial charge in [-0.25, -0.2) is 9.97 Å². The molecule has 11 heteroatoms. The van der Waals surface area contributed by atoms with Crippen molar-refractivity contribution in [1.82, 2.24) is 19.9 Å². The fourth-order valence-corrected chi connectivity index (χ4v) is 5.86. The van der Waals surface area contributed by atoms with Gasteiger partial charge in [0.1, 0.15) is 10.8 Å². The van der Waals surface area contributed by atoms with Crippen molar-refractivity contribution >= 4 is 68.7 Å². The molecule has 0 unspecified atom stereocenters. The van der Waals surface area contributed by atoms with E-state index in [1.165, 1.54) is 0 Å². The first-order chi connectivity index (χ1) is 16.7. The molecule has 7 nitrogen and oxygen atoms in total. The molecule has 3 aromatic heterocycles. The third-order valence-corrected chi connectivity index (χ3v) is 8.10. The smallest absolute Gasteiger partial charge is 0.423 e. The number of thiazole rings is 1. The first-order valence-corrected chi connectivity index (χ1v) is 13.4. The number of rotatable bonds is 8. The summed E-state index contributed by atoms with van der Waals surface area (Å²) in [5.74, 6) is 0.607. The van der Waals surface area contributed by atoms with Gasteiger partial charge < -0.3 is 19.9 Å². The molecule has 4 aromatic rings. The second-order valence-electron chi connectivity index (χ2n) is 8.08. The average molecular weight is 571 g/mol. The molecule has 1 amide bonds. The summed E-state index contributed by atoms with van der Waals surface area (Å²) in [5.41, 5.74) is 4.43. The Morgan fingerprint density at radius 2 is 2.06 bits per heavy atom. The maximum atomic E-state index is 12.6. The summed E-state index contributed by atoms with van der Waals surface area (Å²) < 4.78 is 3.10. The average Bonchev–Trinajstić information content (AvgIpc) is 3.52. The molecule has 0 fully saturated rings. The van der Waals surface area contributed by atoms with Crippen molar-refractivity contribution in [1.29, 1.82) is 0 Å². The number of benzene rings is 1. The van der Waals surface area contributed by atoms with Gasteiger partial charge in [-0.1, -0.05) is 11.6 Å². The quantitative estimate of drug-likeness (QED) is 0.281. The minimum Gasteiger partial charge on any atom is -0.423 e. The predicted octanol–water partition coefficient (Wildman–Crippen LogP) is 3.56. The topological polar surface area (TPSA) is 100 Å². The van der Waals surface area contributed by atoms with Crippen LogP contribution in [0.5, 0.6) is 0 Å². The fourth-order valence-electron chi connectivity index (χ4n) is 3.69. The molecule has 0 aliphatic rings. The van der Waals surface area contributed by atoms with Gasteiger partial charge in [-0.2, -0.15) is 0 Å². The van der Waals surface area contributed by atoms with Crippen LogP contribution in [-0.4, -0.2) is 44.2 Å². The lowest BCUT2D eigenvalue weighted by Gasteiger charge is -2.10. The highest BCUT2D eigenvalue weighted by Gasteiger charge is 2.18. The van der Waals surface area contributed by atoms with Gasteiger partial charge in [-0.05, 0) is 65.6 Å². The van der Waals surface area contributed by atoms with Crippen LogP contribution in [0.1, 0.15) is 43.0 Å². The zero-order valence-electron chi connectivity index (χ0n) is 19.4. The molecule has 0 radical (unpaired) electrons. The zero-order chi connectivity index (χ0) is 25.1. The fraction of sp³-hybridized carbons (Fsp3) is 0.208. The van der Waals surface area contributed by atoms with Gasteiger partial charge in [0.15, 0.2) is 0 Å². The predicted molar refractivity (Wildman–Crippen MR) is 146 cm³/mol. The summed E-state index contributed by atoms with van der Waals surface area (Å²) in [6.07, 6.45) is 4.55. The summed E-state index contributed by atoms with van der Waals surface area (Å²) in [6, 6.07) is 8.89. The number of hydrogen-bond acceptors (Lipinski definition) is 7. The Hall–Kier alpha value is -2.57. The number of aryl methyl sites for hydroxylation is 2. The number of amides is 1. The highest BCUT2D eigenvalue weighted by molar-refractivity contribution is 9.11. The van der Waals surface area contributed by atoms with Crippen molar-refractivity contribution in [3.8, 4) is 0 Å². The first kappa shape index (κ1) is 25.5. The number of thiophene rings is 1. The second kappa shape index (κ2) is 11.0. The number of nitrogens with zero attached hydrogens (tertiary/aromatic N) is 3. The van der Waals surface area contributed by atoms with Gasteiger partial charge in [0.05, 0.1) is 9.36 Å². The first-order valence-electron chi connectivity index (χ1n) is 10.9. The lowest BCUT2D eigenvalue weighted by Crippen LogP contribution is -2.33. The van der Waals surface area contributed by atoms with E-state index in [2.05, 4.69) is 38.4 Å². The minimum atomic E-state index is -1.56. The molecule has 0 spiro atoms. The van der Waals surface area contributed by atoms with Gasteiger partial charge >= 0.3 is 7.12 Å². The van der Waals surface area contributed by atoms with Crippen molar-refractivity contribution in [3.63, 3.8) is 0 Å². The molecule has 0 saturated heterocycles. The number of halogens is 1. The van der Waals surface area contributed by atoms with Crippen molar-refractivity contribution in [2.75, 3.05) is 6.54 Å². The van der Waals surface area contributed by atoms with Gasteiger partial charge in [0, 0.05) is 53.4 Å². The molecule has 0 aliphatic carbocycles. The molecule has 180 valence electrons. The van der Waals surface area contributed by atoms with E-state index in [4.69, 9.17) is 4.98 Å². The van der Waals surface area contributed by atoms with E-state index in [0.29, 0.717) is 29.6 Å². The van der Waals surface area contributed by atoms with E-state index in [1.807, 2.05) is 36.2 Å². The van der Waals surface area contributed by atoms with Gasteiger partial charge in [-0.3, -0.25) is 4.79 Å². The highest BCUT2D eigenvalue weighted by atomic mass is 79.9. The molecule has 0 aliphatic heterocycles. The highest BCUT2D eigenvalue weighted by Crippen LogP contribution is 2.31. The normalized spacial score (nSPS) is 11.7. The zero-order valence-corrected chi connectivity index (χ0v) is 22.7. The molecular weight excluding hydrogens is 547 g/mol. The van der Waals surface area contributed by atoms with Crippen LogP contribution in [0, 0.1) is 13.8 Å². The van der Waals surface area contributed by atoms with Crippen LogP contribution in [0.15, 0.2) is 45.7 Å². The van der Waals surface area contributed by atoms with Crippen molar-refractivity contribution in [2.24, 2.45) is 7.05 Å². The van der Waals surface area contributed by atoms with Gasteiger partial charge in [0.2, 0.25) is 0 Å². The molecule has 3 N–H and O–H groups in total. The number of hydrogen-bond donors (Lipinski definition) is 3. The Bertz CT molecular complexity index is 1390. The second-order valence-corrected chi connectivity index (χ2v) is 11.4. The lowest BCUT2D eigenvalue weighted by atomic mass is 9.77. The Morgan fingerprint density at radius 1 is 1.26 bits per heavy atom. The van der Waals surface area contributed by atoms with Crippen LogP contribution in [0.2, 0.25) is 0 Å². The van der Waals surface area contributed by atoms with E-state index in [0.717, 1.165) is 36.5 Å². The standard InChI is InChI=1S/C24H24BBrN4O3S2/c1-14-10-16(4-6-20(14)25(32)33)23(31)27-9-8-17-12-28-22(30(17)3)19(24-29-15(2)13-34-24)11-18-5-7-21(26)35-18/h4-7,10-13,32-33H,8-9H2,1-3H3,(H,27,31)/b19-11-. The van der Waals surface area contributed by atoms with E-state index in [9.17, 15) is 14.8 Å².